The Bertz CT molecular complexity index is 367. The van der Waals surface area contributed by atoms with E-state index in [9.17, 15) is 4.79 Å². The number of hydrogen-bond acceptors (Lipinski definition) is 3. The van der Waals surface area contributed by atoms with Crippen molar-refractivity contribution in [1.82, 2.24) is 4.90 Å². The first-order chi connectivity index (χ1) is 7.68. The zero-order valence-electron chi connectivity index (χ0n) is 9.42. The van der Waals surface area contributed by atoms with E-state index in [0.29, 0.717) is 17.1 Å². The van der Waals surface area contributed by atoms with Crippen molar-refractivity contribution in [1.29, 1.82) is 0 Å². The van der Waals surface area contributed by atoms with Crippen LogP contribution in [0.25, 0.3) is 0 Å². The molecule has 3 nitrogen and oxygen atoms in total. The van der Waals surface area contributed by atoms with Crippen molar-refractivity contribution in [2.24, 2.45) is 0 Å². The lowest BCUT2D eigenvalue weighted by Gasteiger charge is -2.10. The summed E-state index contributed by atoms with van der Waals surface area (Å²) in [6.07, 6.45) is -0.265. The van der Waals surface area contributed by atoms with Gasteiger partial charge < -0.3 is 9.64 Å². The maximum Gasteiger partial charge on any atom is 0.409 e. The quantitative estimate of drug-likeness (QED) is 0.757. The fourth-order valence-corrected chi connectivity index (χ4v) is 2.47. The van der Waals surface area contributed by atoms with E-state index in [2.05, 4.69) is 12.1 Å². The van der Waals surface area contributed by atoms with E-state index >= 15 is 0 Å². The van der Waals surface area contributed by atoms with E-state index in [4.69, 9.17) is 4.74 Å². The molecule has 1 heterocycles. The molecule has 16 heavy (non-hydrogen) atoms. The van der Waals surface area contributed by atoms with Crippen LogP contribution in [0.5, 0.6) is 0 Å². The molecule has 0 saturated carbocycles. The van der Waals surface area contributed by atoms with E-state index in [1.54, 1.807) is 14.1 Å². The van der Waals surface area contributed by atoms with Gasteiger partial charge >= 0.3 is 6.09 Å². The summed E-state index contributed by atoms with van der Waals surface area (Å²) in [4.78, 5) is 12.7. The van der Waals surface area contributed by atoms with Crippen LogP contribution < -0.4 is 0 Å². The molecule has 0 spiro atoms. The van der Waals surface area contributed by atoms with Gasteiger partial charge in [-0.05, 0) is 5.56 Å². The Labute approximate surface area is 99.8 Å². The van der Waals surface area contributed by atoms with E-state index in [1.165, 1.54) is 10.5 Å². The third-order valence-electron chi connectivity index (χ3n) is 2.45. The normalized spacial score (nSPS) is 22.6. The highest BCUT2D eigenvalue weighted by Crippen LogP contribution is 2.54. The van der Waals surface area contributed by atoms with Crippen molar-refractivity contribution >= 4 is 17.9 Å². The zero-order valence-corrected chi connectivity index (χ0v) is 10.2. The number of thioether (sulfide) groups is 1. The predicted octanol–water partition coefficient (Wildman–Crippen LogP) is 2.54. The molecular weight excluding hydrogens is 222 g/mol. The summed E-state index contributed by atoms with van der Waals surface area (Å²) in [6, 6.07) is 10.3. The minimum absolute atomic E-state index is 0.265. The van der Waals surface area contributed by atoms with Crippen LogP contribution in [0.3, 0.4) is 0 Å². The zero-order chi connectivity index (χ0) is 11.5. The minimum atomic E-state index is -0.265. The minimum Gasteiger partial charge on any atom is -0.448 e. The number of amides is 1. The van der Waals surface area contributed by atoms with Crippen molar-refractivity contribution in [3.05, 3.63) is 35.9 Å². The molecule has 1 amide bonds. The fourth-order valence-electron chi connectivity index (χ4n) is 1.49. The molecule has 86 valence electrons. The van der Waals surface area contributed by atoms with Crippen LogP contribution in [-0.2, 0) is 4.74 Å². The van der Waals surface area contributed by atoms with E-state index in [0.717, 1.165) is 0 Å². The molecule has 0 radical (unpaired) electrons. The number of rotatable bonds is 3. The Morgan fingerprint density at radius 2 is 2.06 bits per heavy atom. The molecule has 0 N–H and O–H groups in total. The monoisotopic (exact) mass is 237 g/mol. The van der Waals surface area contributed by atoms with Crippen LogP contribution in [0.4, 0.5) is 4.79 Å². The van der Waals surface area contributed by atoms with E-state index < -0.39 is 0 Å². The number of nitrogens with zero attached hydrogens (tertiary/aromatic N) is 1. The molecule has 1 aliphatic heterocycles. The first-order valence-corrected chi connectivity index (χ1v) is 6.17. The van der Waals surface area contributed by atoms with Gasteiger partial charge in [-0.1, -0.05) is 30.3 Å². The lowest BCUT2D eigenvalue weighted by molar-refractivity contribution is 0.120. The average Bonchev–Trinajstić information content (AvgIpc) is 3.06. The van der Waals surface area contributed by atoms with Crippen LogP contribution in [0, 0.1) is 0 Å². The molecule has 1 aromatic carbocycles. The molecule has 1 saturated heterocycles. The highest BCUT2D eigenvalue weighted by Gasteiger charge is 2.40. The Morgan fingerprint density at radius 1 is 1.38 bits per heavy atom. The van der Waals surface area contributed by atoms with Gasteiger partial charge in [0.1, 0.15) is 6.61 Å². The van der Waals surface area contributed by atoms with Crippen molar-refractivity contribution in [3.63, 3.8) is 0 Å². The summed E-state index contributed by atoms with van der Waals surface area (Å²) >= 11 is 1.85. The Kier molecular flexibility index (Phi) is 3.39. The molecule has 0 aromatic heterocycles. The molecule has 1 fully saturated rings. The van der Waals surface area contributed by atoms with Gasteiger partial charge in [-0.2, -0.15) is 0 Å². The number of carbonyl (C=O) groups excluding carboxylic acids is 1. The average molecular weight is 237 g/mol. The molecule has 4 heteroatoms. The Balaban J connectivity index is 1.78. The van der Waals surface area contributed by atoms with Crippen LogP contribution in [0.1, 0.15) is 10.8 Å². The van der Waals surface area contributed by atoms with Crippen LogP contribution in [0.2, 0.25) is 0 Å². The van der Waals surface area contributed by atoms with Gasteiger partial charge in [0.2, 0.25) is 0 Å². The summed E-state index contributed by atoms with van der Waals surface area (Å²) in [6.45, 7) is 0.501. The van der Waals surface area contributed by atoms with Crippen molar-refractivity contribution in [3.8, 4) is 0 Å². The van der Waals surface area contributed by atoms with Crippen LogP contribution >= 0.6 is 11.8 Å². The molecule has 1 aromatic rings. The summed E-state index contributed by atoms with van der Waals surface area (Å²) in [7, 11) is 3.38. The Hall–Kier alpha value is -1.16. The van der Waals surface area contributed by atoms with Crippen molar-refractivity contribution in [2.45, 2.75) is 10.5 Å². The van der Waals surface area contributed by atoms with Gasteiger partial charge in [-0.25, -0.2) is 4.79 Å². The first-order valence-electron chi connectivity index (χ1n) is 5.23. The molecule has 0 bridgehead atoms. The number of ether oxygens (including phenoxy) is 1. The summed E-state index contributed by atoms with van der Waals surface area (Å²) < 4.78 is 5.15. The van der Waals surface area contributed by atoms with Gasteiger partial charge in [0.05, 0.1) is 5.25 Å². The first kappa shape index (κ1) is 11.3. The lowest BCUT2D eigenvalue weighted by Crippen LogP contribution is -2.24. The molecule has 0 unspecified atom stereocenters. The van der Waals surface area contributed by atoms with Crippen molar-refractivity contribution < 1.29 is 9.53 Å². The van der Waals surface area contributed by atoms with Gasteiger partial charge in [-0.3, -0.25) is 0 Å². The standard InChI is InChI=1S/C12H15NO2S/c1-13(2)12(14)15-8-10-11(16-10)9-6-4-3-5-7-9/h3-7,10-11H,8H2,1-2H3/t10-,11+/m0/s1. The number of hydrogen-bond donors (Lipinski definition) is 0. The van der Waals surface area contributed by atoms with E-state index in [1.807, 2.05) is 30.0 Å². The second-order valence-electron chi connectivity index (χ2n) is 3.98. The summed E-state index contributed by atoms with van der Waals surface area (Å²) in [5, 5.41) is 0.919. The second kappa shape index (κ2) is 4.78. The van der Waals surface area contributed by atoms with Crippen molar-refractivity contribution in [2.75, 3.05) is 20.7 Å². The lowest BCUT2D eigenvalue weighted by atomic mass is 10.1. The third kappa shape index (κ3) is 2.70. The van der Waals surface area contributed by atoms with Gasteiger partial charge in [0.15, 0.2) is 0 Å². The van der Waals surface area contributed by atoms with E-state index in [-0.39, 0.29) is 6.09 Å². The maximum atomic E-state index is 11.2. The maximum absolute atomic E-state index is 11.2. The molecular formula is C12H15NO2S. The smallest absolute Gasteiger partial charge is 0.409 e. The molecule has 1 aliphatic rings. The summed E-state index contributed by atoms with van der Waals surface area (Å²) in [5.74, 6) is 0. The third-order valence-corrected chi connectivity index (χ3v) is 3.78. The molecule has 2 rings (SSSR count). The molecule has 0 aliphatic carbocycles. The van der Waals surface area contributed by atoms with Gasteiger partial charge in [0.25, 0.3) is 0 Å². The SMILES string of the molecule is CN(C)C(=O)OC[C@@H]1S[C@@H]1c1ccccc1. The fraction of sp³-hybridized carbons (Fsp3) is 0.417. The van der Waals surface area contributed by atoms with Gasteiger partial charge in [0, 0.05) is 19.3 Å². The second-order valence-corrected chi connectivity index (χ2v) is 5.36. The highest BCUT2D eigenvalue weighted by atomic mass is 32.2. The predicted molar refractivity (Wildman–Crippen MR) is 65.6 cm³/mol. The number of benzene rings is 1. The topological polar surface area (TPSA) is 29.5 Å². The Morgan fingerprint density at radius 3 is 2.69 bits per heavy atom. The number of carbonyl (C=O) groups is 1. The largest absolute Gasteiger partial charge is 0.448 e. The highest BCUT2D eigenvalue weighted by molar-refractivity contribution is 8.07. The van der Waals surface area contributed by atoms with Gasteiger partial charge in [-0.15, -0.1) is 11.8 Å². The van der Waals surface area contributed by atoms with Crippen LogP contribution in [-0.4, -0.2) is 36.9 Å². The molecule has 2 atom stereocenters. The van der Waals surface area contributed by atoms with Crippen LogP contribution in [0.15, 0.2) is 30.3 Å². The summed E-state index contributed by atoms with van der Waals surface area (Å²) in [5.41, 5.74) is 1.32.